The number of aromatic nitrogens is 2. The van der Waals surface area contributed by atoms with E-state index >= 15 is 0 Å². The summed E-state index contributed by atoms with van der Waals surface area (Å²) in [5.74, 6) is 0.827. The number of nitrogen functional groups attached to an aromatic ring is 1. The van der Waals surface area contributed by atoms with Gasteiger partial charge in [0.15, 0.2) is 0 Å². The average Bonchev–Trinajstić information content (AvgIpc) is 3.18. The molecule has 0 unspecified atom stereocenters. The lowest BCUT2D eigenvalue weighted by molar-refractivity contribution is -0.130. The first kappa shape index (κ1) is 14.4. The Hall–Kier alpha value is -2.50. The summed E-state index contributed by atoms with van der Waals surface area (Å²) >= 11 is 0. The Morgan fingerprint density at radius 3 is 2.77 bits per heavy atom. The molecular formula is C16H20N4O2. The van der Waals surface area contributed by atoms with Crippen molar-refractivity contribution in [3.05, 3.63) is 30.6 Å². The minimum absolute atomic E-state index is 0.123. The van der Waals surface area contributed by atoms with Crippen LogP contribution in [-0.2, 0) is 11.3 Å². The number of nitrogens with zero attached hydrogens (tertiary/aromatic N) is 3. The fourth-order valence-electron chi connectivity index (χ4n) is 2.71. The molecule has 6 nitrogen and oxygen atoms in total. The van der Waals surface area contributed by atoms with Crippen molar-refractivity contribution in [1.82, 2.24) is 14.7 Å². The smallest absolute Gasteiger partial charge is 0.244 e. The fourth-order valence-corrected chi connectivity index (χ4v) is 2.71. The van der Waals surface area contributed by atoms with Crippen LogP contribution in [0.15, 0.2) is 30.6 Å². The monoisotopic (exact) mass is 300 g/mol. The van der Waals surface area contributed by atoms with Crippen LogP contribution in [0.2, 0.25) is 0 Å². The third-order valence-corrected chi connectivity index (χ3v) is 3.89. The number of rotatable bonds is 4. The van der Waals surface area contributed by atoms with Gasteiger partial charge in [0.2, 0.25) is 5.91 Å². The third-order valence-electron chi connectivity index (χ3n) is 3.89. The lowest BCUT2D eigenvalue weighted by atomic mass is 10.1. The quantitative estimate of drug-likeness (QED) is 0.873. The largest absolute Gasteiger partial charge is 0.497 e. The highest BCUT2D eigenvalue weighted by atomic mass is 16.5. The Kier molecular flexibility index (Phi) is 4.00. The standard InChI is InChI=1S/C16H20N4O2/c1-22-15-7-12(6-14(17)8-15)13-9-18-20(10-13)11-16(21)19-4-2-3-5-19/h6-10H,2-5,11,17H2,1H3. The lowest BCUT2D eigenvalue weighted by Gasteiger charge is -2.14. The van der Waals surface area contributed by atoms with E-state index in [1.165, 1.54) is 0 Å². The molecule has 6 heteroatoms. The summed E-state index contributed by atoms with van der Waals surface area (Å²) < 4.78 is 6.90. The van der Waals surface area contributed by atoms with E-state index in [1.54, 1.807) is 24.1 Å². The molecule has 0 spiro atoms. The van der Waals surface area contributed by atoms with E-state index in [0.717, 1.165) is 37.1 Å². The van der Waals surface area contributed by atoms with Crippen molar-refractivity contribution in [3.63, 3.8) is 0 Å². The molecule has 0 bridgehead atoms. The van der Waals surface area contributed by atoms with Crippen molar-refractivity contribution in [2.75, 3.05) is 25.9 Å². The van der Waals surface area contributed by atoms with Crippen molar-refractivity contribution < 1.29 is 9.53 Å². The van der Waals surface area contributed by atoms with E-state index in [0.29, 0.717) is 11.4 Å². The Morgan fingerprint density at radius 1 is 1.27 bits per heavy atom. The molecule has 0 radical (unpaired) electrons. The molecule has 1 fully saturated rings. The summed E-state index contributed by atoms with van der Waals surface area (Å²) in [5.41, 5.74) is 8.35. The first-order valence-electron chi connectivity index (χ1n) is 7.41. The van der Waals surface area contributed by atoms with Crippen molar-refractivity contribution in [1.29, 1.82) is 0 Å². The van der Waals surface area contributed by atoms with Gasteiger partial charge < -0.3 is 15.4 Å². The van der Waals surface area contributed by atoms with Gasteiger partial charge in [0, 0.05) is 36.6 Å². The van der Waals surface area contributed by atoms with Gasteiger partial charge in [-0.05, 0) is 30.5 Å². The number of anilines is 1. The van der Waals surface area contributed by atoms with Crippen LogP contribution < -0.4 is 10.5 Å². The van der Waals surface area contributed by atoms with Crippen LogP contribution >= 0.6 is 0 Å². The number of likely N-dealkylation sites (tertiary alicyclic amines) is 1. The molecule has 1 aromatic carbocycles. The number of amides is 1. The van der Waals surface area contributed by atoms with Crippen LogP contribution in [0, 0.1) is 0 Å². The summed E-state index contributed by atoms with van der Waals surface area (Å²) in [6.45, 7) is 2.00. The van der Waals surface area contributed by atoms with Gasteiger partial charge in [-0.1, -0.05) is 0 Å². The minimum Gasteiger partial charge on any atom is -0.497 e. The van der Waals surface area contributed by atoms with Crippen molar-refractivity contribution in [2.45, 2.75) is 19.4 Å². The predicted octanol–water partition coefficient (Wildman–Crippen LogP) is 1.76. The molecule has 1 amide bonds. The lowest BCUT2D eigenvalue weighted by Crippen LogP contribution is -2.31. The highest BCUT2D eigenvalue weighted by molar-refractivity contribution is 5.76. The molecule has 2 aromatic rings. The van der Waals surface area contributed by atoms with Gasteiger partial charge in [0.05, 0.1) is 13.3 Å². The molecule has 1 aromatic heterocycles. The zero-order chi connectivity index (χ0) is 15.5. The number of benzene rings is 1. The normalized spacial score (nSPS) is 14.3. The average molecular weight is 300 g/mol. The fraction of sp³-hybridized carbons (Fsp3) is 0.375. The Balaban J connectivity index is 1.75. The maximum atomic E-state index is 12.1. The zero-order valence-electron chi connectivity index (χ0n) is 12.7. The van der Waals surface area contributed by atoms with Crippen molar-refractivity contribution in [2.24, 2.45) is 0 Å². The number of hydrogen-bond acceptors (Lipinski definition) is 4. The molecule has 0 aliphatic carbocycles. The number of methoxy groups -OCH3 is 1. The number of nitrogens with two attached hydrogens (primary N) is 1. The number of carbonyl (C=O) groups is 1. The SMILES string of the molecule is COc1cc(N)cc(-c2cnn(CC(=O)N3CCCC3)c2)c1. The van der Waals surface area contributed by atoms with Gasteiger partial charge >= 0.3 is 0 Å². The second-order valence-electron chi connectivity index (χ2n) is 5.51. The number of ether oxygens (including phenoxy) is 1. The second-order valence-corrected chi connectivity index (χ2v) is 5.51. The topological polar surface area (TPSA) is 73.4 Å². The van der Waals surface area contributed by atoms with E-state index in [9.17, 15) is 4.79 Å². The van der Waals surface area contributed by atoms with Gasteiger partial charge in [-0.15, -0.1) is 0 Å². The summed E-state index contributed by atoms with van der Waals surface area (Å²) in [4.78, 5) is 14.0. The number of hydrogen-bond donors (Lipinski definition) is 1. The van der Waals surface area contributed by atoms with Crippen LogP contribution in [0.25, 0.3) is 11.1 Å². The molecule has 0 saturated carbocycles. The van der Waals surface area contributed by atoms with Gasteiger partial charge in [-0.2, -0.15) is 5.10 Å². The molecule has 1 saturated heterocycles. The van der Waals surface area contributed by atoms with E-state index in [2.05, 4.69) is 5.10 Å². The zero-order valence-corrected chi connectivity index (χ0v) is 12.7. The predicted molar refractivity (Wildman–Crippen MR) is 84.4 cm³/mol. The highest BCUT2D eigenvalue weighted by Crippen LogP contribution is 2.26. The highest BCUT2D eigenvalue weighted by Gasteiger charge is 2.18. The van der Waals surface area contributed by atoms with Gasteiger partial charge in [0.25, 0.3) is 0 Å². The van der Waals surface area contributed by atoms with Crippen molar-refractivity contribution in [3.8, 4) is 16.9 Å². The van der Waals surface area contributed by atoms with E-state index in [-0.39, 0.29) is 12.5 Å². The molecule has 116 valence electrons. The summed E-state index contributed by atoms with van der Waals surface area (Å²) in [7, 11) is 1.61. The minimum atomic E-state index is 0.123. The first-order chi connectivity index (χ1) is 10.7. The molecule has 3 rings (SSSR count). The van der Waals surface area contributed by atoms with Crippen LogP contribution in [0.5, 0.6) is 5.75 Å². The summed E-state index contributed by atoms with van der Waals surface area (Å²) in [6, 6.07) is 5.54. The van der Waals surface area contributed by atoms with E-state index < -0.39 is 0 Å². The van der Waals surface area contributed by atoms with Gasteiger partial charge in [-0.25, -0.2) is 0 Å². The van der Waals surface area contributed by atoms with Crippen LogP contribution in [0.4, 0.5) is 5.69 Å². The third kappa shape index (κ3) is 3.05. The van der Waals surface area contributed by atoms with Crippen LogP contribution in [0.3, 0.4) is 0 Å². The molecule has 1 aliphatic heterocycles. The van der Waals surface area contributed by atoms with Gasteiger partial charge in [-0.3, -0.25) is 9.48 Å². The summed E-state index contributed by atoms with van der Waals surface area (Å²) in [5, 5.41) is 4.28. The Morgan fingerprint density at radius 2 is 2.05 bits per heavy atom. The van der Waals surface area contributed by atoms with E-state index in [4.69, 9.17) is 10.5 Å². The van der Waals surface area contributed by atoms with Crippen molar-refractivity contribution >= 4 is 11.6 Å². The molecule has 2 N–H and O–H groups in total. The Labute approximate surface area is 129 Å². The van der Waals surface area contributed by atoms with Gasteiger partial charge in [0.1, 0.15) is 12.3 Å². The van der Waals surface area contributed by atoms with Crippen LogP contribution in [-0.4, -0.2) is 40.8 Å². The Bertz CT molecular complexity index is 675. The maximum Gasteiger partial charge on any atom is 0.244 e. The molecule has 22 heavy (non-hydrogen) atoms. The van der Waals surface area contributed by atoms with E-state index in [1.807, 2.05) is 23.2 Å². The summed E-state index contributed by atoms with van der Waals surface area (Å²) in [6.07, 6.45) is 5.80. The first-order valence-corrected chi connectivity index (χ1v) is 7.41. The molecule has 2 heterocycles. The molecular weight excluding hydrogens is 280 g/mol. The van der Waals surface area contributed by atoms with Crippen LogP contribution in [0.1, 0.15) is 12.8 Å². The maximum absolute atomic E-state index is 12.1. The molecule has 0 atom stereocenters. The number of carbonyl (C=O) groups excluding carboxylic acids is 1. The second kappa shape index (κ2) is 6.09. The molecule has 1 aliphatic rings.